The van der Waals surface area contributed by atoms with Crippen LogP contribution in [0, 0.1) is 13.8 Å². The molecule has 5 nitrogen and oxygen atoms in total. The van der Waals surface area contributed by atoms with Gasteiger partial charge in [-0.05, 0) is 56.0 Å². The maximum atomic E-state index is 12.7. The Morgan fingerprint density at radius 2 is 2.07 bits per heavy atom. The molecule has 1 fully saturated rings. The molecule has 28 heavy (non-hydrogen) atoms. The van der Waals surface area contributed by atoms with Crippen molar-refractivity contribution >= 4 is 16.9 Å². The second-order valence-electron chi connectivity index (χ2n) is 7.61. The van der Waals surface area contributed by atoms with Gasteiger partial charge in [0.25, 0.3) is 0 Å². The first kappa shape index (κ1) is 18.5. The number of aromatic nitrogens is 2. The number of aryl methyl sites for hydroxylation is 1. The van der Waals surface area contributed by atoms with E-state index in [9.17, 15) is 4.79 Å². The fraction of sp³-hybridized carbons (Fsp3) is 0.391. The van der Waals surface area contributed by atoms with Crippen LogP contribution in [0.5, 0.6) is 5.75 Å². The van der Waals surface area contributed by atoms with Crippen molar-refractivity contribution in [3.05, 3.63) is 59.4 Å². The predicted octanol–water partition coefficient (Wildman–Crippen LogP) is 4.35. The summed E-state index contributed by atoms with van der Waals surface area (Å²) in [7, 11) is 0. The number of hydrogen-bond acceptors (Lipinski definition) is 3. The van der Waals surface area contributed by atoms with E-state index >= 15 is 0 Å². The number of rotatable bonds is 5. The second-order valence-corrected chi connectivity index (χ2v) is 7.61. The summed E-state index contributed by atoms with van der Waals surface area (Å²) in [5.74, 6) is 2.29. The minimum absolute atomic E-state index is 0.158. The van der Waals surface area contributed by atoms with E-state index in [2.05, 4.69) is 24.9 Å². The number of fused-ring (bicyclic) bond motifs is 1. The Bertz CT molecular complexity index is 946. The number of hydrogen-bond donors (Lipinski definition) is 1. The molecule has 4 rings (SSSR count). The summed E-state index contributed by atoms with van der Waals surface area (Å²) >= 11 is 0. The van der Waals surface area contributed by atoms with Gasteiger partial charge in [0.05, 0.1) is 24.1 Å². The highest BCUT2D eigenvalue weighted by atomic mass is 16.5. The first-order valence-corrected chi connectivity index (χ1v) is 10.0. The molecule has 5 heteroatoms. The highest BCUT2D eigenvalue weighted by Crippen LogP contribution is 2.27. The van der Waals surface area contributed by atoms with E-state index in [1.165, 1.54) is 5.56 Å². The van der Waals surface area contributed by atoms with Crippen LogP contribution in [0.25, 0.3) is 11.0 Å². The topological polar surface area (TPSA) is 58.2 Å². The number of H-pyrrole nitrogens is 1. The highest BCUT2D eigenvalue weighted by molar-refractivity contribution is 5.77. The van der Waals surface area contributed by atoms with Crippen LogP contribution in [0.4, 0.5) is 0 Å². The van der Waals surface area contributed by atoms with Crippen LogP contribution in [0.15, 0.2) is 42.5 Å². The number of carbonyl (C=O) groups excluding carboxylic acids is 1. The van der Waals surface area contributed by atoms with Gasteiger partial charge in [0.15, 0.2) is 0 Å². The van der Waals surface area contributed by atoms with E-state index in [-0.39, 0.29) is 11.8 Å². The van der Waals surface area contributed by atoms with E-state index in [1.807, 2.05) is 41.3 Å². The first-order valence-electron chi connectivity index (χ1n) is 10.0. The van der Waals surface area contributed by atoms with E-state index in [0.29, 0.717) is 13.0 Å². The summed E-state index contributed by atoms with van der Waals surface area (Å²) in [4.78, 5) is 22.8. The fourth-order valence-electron chi connectivity index (χ4n) is 3.88. The number of para-hydroxylation sites is 2. The molecule has 1 unspecified atom stereocenters. The lowest BCUT2D eigenvalue weighted by molar-refractivity contribution is -0.132. The molecule has 1 aromatic heterocycles. The van der Waals surface area contributed by atoms with Gasteiger partial charge in [-0.1, -0.05) is 24.3 Å². The lowest BCUT2D eigenvalue weighted by Gasteiger charge is -2.32. The average molecular weight is 377 g/mol. The lowest BCUT2D eigenvalue weighted by Crippen LogP contribution is -2.39. The zero-order valence-corrected chi connectivity index (χ0v) is 16.6. The summed E-state index contributed by atoms with van der Waals surface area (Å²) in [6.07, 6.45) is 2.47. The van der Waals surface area contributed by atoms with Gasteiger partial charge in [0.2, 0.25) is 5.91 Å². The standard InChI is InChI=1S/C23H27N3O2/c1-16-7-5-11-21(17(16)2)28-14-12-22(27)26-13-6-8-18(15-26)23-24-19-9-3-4-10-20(19)25-23/h3-5,7,9-11,18H,6,8,12-15H2,1-2H3,(H,24,25). The minimum Gasteiger partial charge on any atom is -0.493 e. The van der Waals surface area contributed by atoms with E-state index in [1.54, 1.807) is 0 Å². The molecule has 0 saturated carbocycles. The maximum Gasteiger partial charge on any atom is 0.226 e. The molecule has 1 aliphatic rings. The highest BCUT2D eigenvalue weighted by Gasteiger charge is 2.26. The van der Waals surface area contributed by atoms with Crippen LogP contribution < -0.4 is 4.74 Å². The number of amides is 1. The SMILES string of the molecule is Cc1cccc(OCCC(=O)N2CCCC(c3nc4ccccc4[nH]3)C2)c1C. The summed E-state index contributed by atoms with van der Waals surface area (Å²) in [6, 6.07) is 14.1. The van der Waals surface area contributed by atoms with Crippen LogP contribution in [0.1, 0.15) is 42.1 Å². The number of carbonyl (C=O) groups is 1. The second kappa shape index (κ2) is 8.05. The Balaban J connectivity index is 1.34. The van der Waals surface area contributed by atoms with Crippen molar-refractivity contribution < 1.29 is 9.53 Å². The molecule has 1 atom stereocenters. The smallest absolute Gasteiger partial charge is 0.226 e. The van der Waals surface area contributed by atoms with Gasteiger partial charge in [0, 0.05) is 19.0 Å². The van der Waals surface area contributed by atoms with Gasteiger partial charge < -0.3 is 14.6 Å². The normalized spacial score (nSPS) is 17.1. The van der Waals surface area contributed by atoms with Crippen molar-refractivity contribution in [2.75, 3.05) is 19.7 Å². The van der Waals surface area contributed by atoms with Gasteiger partial charge in [0.1, 0.15) is 11.6 Å². The molecule has 0 aliphatic carbocycles. The third-order valence-corrected chi connectivity index (χ3v) is 5.70. The van der Waals surface area contributed by atoms with Crippen LogP contribution in [-0.2, 0) is 4.79 Å². The van der Waals surface area contributed by atoms with E-state index in [0.717, 1.165) is 54.1 Å². The third kappa shape index (κ3) is 3.88. The molecule has 1 N–H and O–H groups in total. The number of nitrogens with zero attached hydrogens (tertiary/aromatic N) is 2. The fourth-order valence-corrected chi connectivity index (χ4v) is 3.88. The molecule has 0 bridgehead atoms. The number of benzene rings is 2. The maximum absolute atomic E-state index is 12.7. The number of likely N-dealkylation sites (tertiary alicyclic amines) is 1. The van der Waals surface area contributed by atoms with Gasteiger partial charge in [-0.3, -0.25) is 4.79 Å². The first-order chi connectivity index (χ1) is 13.6. The molecule has 1 amide bonds. The molecular formula is C23H27N3O2. The average Bonchev–Trinajstić information content (AvgIpc) is 3.15. The van der Waals surface area contributed by atoms with E-state index in [4.69, 9.17) is 9.72 Å². The van der Waals surface area contributed by atoms with Crippen molar-refractivity contribution in [2.45, 2.75) is 39.0 Å². The minimum atomic E-state index is 0.158. The Hall–Kier alpha value is -2.82. The van der Waals surface area contributed by atoms with Gasteiger partial charge in [-0.25, -0.2) is 4.98 Å². The number of aromatic amines is 1. The molecule has 3 aromatic rings. The molecule has 1 aliphatic heterocycles. The van der Waals surface area contributed by atoms with Crippen molar-refractivity contribution in [1.29, 1.82) is 0 Å². The predicted molar refractivity (Wildman–Crippen MR) is 111 cm³/mol. The number of ether oxygens (including phenoxy) is 1. The summed E-state index contributed by atoms with van der Waals surface area (Å²) < 4.78 is 5.86. The molecule has 146 valence electrons. The van der Waals surface area contributed by atoms with Crippen molar-refractivity contribution in [1.82, 2.24) is 14.9 Å². The van der Waals surface area contributed by atoms with Crippen molar-refractivity contribution in [3.63, 3.8) is 0 Å². The molecule has 1 saturated heterocycles. The number of imidazole rings is 1. The molecule has 0 radical (unpaired) electrons. The zero-order valence-electron chi connectivity index (χ0n) is 16.6. The van der Waals surface area contributed by atoms with Gasteiger partial charge >= 0.3 is 0 Å². The molecule has 0 spiro atoms. The third-order valence-electron chi connectivity index (χ3n) is 5.70. The zero-order chi connectivity index (χ0) is 19.5. The van der Waals surface area contributed by atoms with Crippen LogP contribution in [-0.4, -0.2) is 40.5 Å². The Morgan fingerprint density at radius 1 is 1.21 bits per heavy atom. The van der Waals surface area contributed by atoms with Crippen molar-refractivity contribution in [2.24, 2.45) is 0 Å². The Morgan fingerprint density at radius 3 is 2.93 bits per heavy atom. The molecule has 2 heterocycles. The lowest BCUT2D eigenvalue weighted by atomic mass is 9.97. The van der Waals surface area contributed by atoms with Crippen LogP contribution in [0.2, 0.25) is 0 Å². The molecule has 2 aromatic carbocycles. The quantitative estimate of drug-likeness (QED) is 0.719. The van der Waals surface area contributed by atoms with E-state index < -0.39 is 0 Å². The summed E-state index contributed by atoms with van der Waals surface area (Å²) in [5.41, 5.74) is 4.39. The summed E-state index contributed by atoms with van der Waals surface area (Å²) in [6.45, 7) is 6.07. The van der Waals surface area contributed by atoms with Crippen LogP contribution in [0.3, 0.4) is 0 Å². The number of piperidine rings is 1. The molecular weight excluding hydrogens is 350 g/mol. The van der Waals surface area contributed by atoms with Crippen LogP contribution >= 0.6 is 0 Å². The van der Waals surface area contributed by atoms with Gasteiger partial charge in [-0.15, -0.1) is 0 Å². The summed E-state index contributed by atoms with van der Waals surface area (Å²) in [5, 5.41) is 0. The Kier molecular flexibility index (Phi) is 5.33. The monoisotopic (exact) mass is 377 g/mol. The van der Waals surface area contributed by atoms with Gasteiger partial charge in [-0.2, -0.15) is 0 Å². The largest absolute Gasteiger partial charge is 0.493 e. The van der Waals surface area contributed by atoms with Crippen molar-refractivity contribution in [3.8, 4) is 5.75 Å². The number of nitrogens with one attached hydrogen (secondary N) is 1. The Labute approximate surface area is 165 Å².